The Labute approximate surface area is 111 Å². The van der Waals surface area contributed by atoms with Crippen molar-refractivity contribution in [3.8, 4) is 0 Å². The van der Waals surface area contributed by atoms with Crippen LogP contribution in [0.5, 0.6) is 0 Å². The Morgan fingerprint density at radius 3 is 2.67 bits per heavy atom. The van der Waals surface area contributed by atoms with Crippen LogP contribution in [0.2, 0.25) is 0 Å². The Morgan fingerprint density at radius 1 is 1.33 bits per heavy atom. The lowest BCUT2D eigenvalue weighted by atomic mass is 10.2. The number of furan rings is 1. The van der Waals surface area contributed by atoms with Crippen LogP contribution in [0.4, 0.5) is 0 Å². The minimum atomic E-state index is 0.705. The molecule has 1 aromatic heterocycles. The van der Waals surface area contributed by atoms with Crippen molar-refractivity contribution in [1.29, 1.82) is 0 Å². The first kappa shape index (κ1) is 13.6. The minimum Gasteiger partial charge on any atom is -0.463 e. The summed E-state index contributed by atoms with van der Waals surface area (Å²) in [4.78, 5) is 2.43. The molecule has 2 rings (SSSR count). The van der Waals surface area contributed by atoms with E-state index in [2.05, 4.69) is 43.1 Å². The van der Waals surface area contributed by atoms with Gasteiger partial charge in [0, 0.05) is 12.6 Å². The molecule has 0 amide bonds. The Bertz CT molecular complexity index is 355. The van der Waals surface area contributed by atoms with Crippen LogP contribution in [0, 0.1) is 5.92 Å². The first-order chi connectivity index (χ1) is 8.67. The number of nitrogens with one attached hydrogen (secondary N) is 1. The fourth-order valence-corrected chi connectivity index (χ4v) is 2.18. The zero-order chi connectivity index (χ0) is 13.0. The molecule has 1 fully saturated rings. The second-order valence-corrected chi connectivity index (χ2v) is 5.74. The summed E-state index contributed by atoms with van der Waals surface area (Å²) in [5.74, 6) is 2.86. The summed E-state index contributed by atoms with van der Waals surface area (Å²) in [5, 5.41) is 3.48. The van der Waals surface area contributed by atoms with Crippen LogP contribution in [0.15, 0.2) is 16.5 Å². The molecule has 0 radical (unpaired) electrons. The molecule has 1 aliphatic rings. The van der Waals surface area contributed by atoms with Crippen LogP contribution in [0.3, 0.4) is 0 Å². The third-order valence-electron chi connectivity index (χ3n) is 3.31. The largest absolute Gasteiger partial charge is 0.463 e. The SMILES string of the molecule is CCN(Cc1ccc(CNC2CC2)o1)CC(C)C. The zero-order valence-corrected chi connectivity index (χ0v) is 11.9. The molecule has 0 aromatic carbocycles. The van der Waals surface area contributed by atoms with Gasteiger partial charge in [0.15, 0.2) is 0 Å². The lowest BCUT2D eigenvalue weighted by Crippen LogP contribution is -2.26. The Balaban J connectivity index is 1.80. The van der Waals surface area contributed by atoms with E-state index >= 15 is 0 Å². The van der Waals surface area contributed by atoms with Crippen LogP contribution >= 0.6 is 0 Å². The molecular formula is C15H26N2O. The molecule has 3 nitrogen and oxygen atoms in total. The van der Waals surface area contributed by atoms with Crippen LogP contribution in [0.25, 0.3) is 0 Å². The highest BCUT2D eigenvalue weighted by Crippen LogP contribution is 2.20. The summed E-state index contributed by atoms with van der Waals surface area (Å²) < 4.78 is 5.87. The Kier molecular flexibility index (Phi) is 4.84. The molecule has 18 heavy (non-hydrogen) atoms. The highest BCUT2D eigenvalue weighted by atomic mass is 16.3. The molecule has 1 aliphatic carbocycles. The van der Waals surface area contributed by atoms with E-state index < -0.39 is 0 Å². The topological polar surface area (TPSA) is 28.4 Å². The average Bonchev–Trinajstić information content (AvgIpc) is 3.06. The monoisotopic (exact) mass is 250 g/mol. The van der Waals surface area contributed by atoms with E-state index in [0.717, 1.165) is 43.7 Å². The van der Waals surface area contributed by atoms with Crippen molar-refractivity contribution in [3.05, 3.63) is 23.7 Å². The molecule has 3 heteroatoms. The summed E-state index contributed by atoms with van der Waals surface area (Å²) >= 11 is 0. The van der Waals surface area contributed by atoms with Crippen molar-refractivity contribution < 1.29 is 4.42 Å². The molecule has 1 N–H and O–H groups in total. The highest BCUT2D eigenvalue weighted by Gasteiger charge is 2.20. The first-order valence-electron chi connectivity index (χ1n) is 7.20. The van der Waals surface area contributed by atoms with Gasteiger partial charge in [-0.15, -0.1) is 0 Å². The van der Waals surface area contributed by atoms with Gasteiger partial charge in [-0.2, -0.15) is 0 Å². The maximum Gasteiger partial charge on any atom is 0.118 e. The summed E-state index contributed by atoms with van der Waals surface area (Å²) in [5.41, 5.74) is 0. The van der Waals surface area contributed by atoms with Crippen molar-refractivity contribution in [3.63, 3.8) is 0 Å². The summed E-state index contributed by atoms with van der Waals surface area (Å²) in [7, 11) is 0. The number of hydrogen-bond acceptors (Lipinski definition) is 3. The molecule has 0 unspecified atom stereocenters. The number of rotatable bonds is 8. The van der Waals surface area contributed by atoms with Gasteiger partial charge in [0.2, 0.25) is 0 Å². The highest BCUT2D eigenvalue weighted by molar-refractivity contribution is 5.07. The van der Waals surface area contributed by atoms with Crippen molar-refractivity contribution >= 4 is 0 Å². The van der Waals surface area contributed by atoms with E-state index in [-0.39, 0.29) is 0 Å². The van der Waals surface area contributed by atoms with Crippen molar-refractivity contribution in [1.82, 2.24) is 10.2 Å². The van der Waals surface area contributed by atoms with Crippen LogP contribution in [-0.2, 0) is 13.1 Å². The smallest absolute Gasteiger partial charge is 0.118 e. The summed E-state index contributed by atoms with van der Waals surface area (Å²) in [6.45, 7) is 10.7. The lowest BCUT2D eigenvalue weighted by Gasteiger charge is -2.21. The van der Waals surface area contributed by atoms with E-state index in [4.69, 9.17) is 4.42 Å². The van der Waals surface area contributed by atoms with Gasteiger partial charge in [-0.3, -0.25) is 4.90 Å². The van der Waals surface area contributed by atoms with E-state index in [0.29, 0.717) is 5.92 Å². The molecule has 0 aliphatic heterocycles. The van der Waals surface area contributed by atoms with E-state index in [1.807, 2.05) is 0 Å². The predicted molar refractivity (Wildman–Crippen MR) is 74.4 cm³/mol. The minimum absolute atomic E-state index is 0.705. The van der Waals surface area contributed by atoms with Crippen LogP contribution in [0.1, 0.15) is 45.1 Å². The zero-order valence-electron chi connectivity index (χ0n) is 11.9. The Hall–Kier alpha value is -0.800. The maximum atomic E-state index is 5.87. The van der Waals surface area contributed by atoms with Crippen molar-refractivity contribution in [2.75, 3.05) is 13.1 Å². The molecule has 102 valence electrons. The molecule has 0 atom stereocenters. The fraction of sp³-hybridized carbons (Fsp3) is 0.733. The molecule has 1 heterocycles. The van der Waals surface area contributed by atoms with Gasteiger partial charge in [-0.1, -0.05) is 20.8 Å². The predicted octanol–water partition coefficient (Wildman–Crippen LogP) is 3.01. The van der Waals surface area contributed by atoms with Crippen LogP contribution < -0.4 is 5.32 Å². The van der Waals surface area contributed by atoms with Gasteiger partial charge in [0.25, 0.3) is 0 Å². The van der Waals surface area contributed by atoms with Crippen molar-refractivity contribution in [2.45, 2.75) is 52.7 Å². The van der Waals surface area contributed by atoms with Crippen molar-refractivity contribution in [2.24, 2.45) is 5.92 Å². The van der Waals surface area contributed by atoms with Crippen LogP contribution in [-0.4, -0.2) is 24.0 Å². The molecule has 0 saturated heterocycles. The van der Waals surface area contributed by atoms with Gasteiger partial charge < -0.3 is 9.73 Å². The standard InChI is InChI=1S/C15H26N2O/c1-4-17(10-12(2)3)11-15-8-7-14(18-15)9-16-13-5-6-13/h7-8,12-13,16H,4-6,9-11H2,1-3H3. The van der Waals surface area contributed by atoms with E-state index in [9.17, 15) is 0 Å². The second kappa shape index (κ2) is 6.39. The average molecular weight is 250 g/mol. The second-order valence-electron chi connectivity index (χ2n) is 5.74. The van der Waals surface area contributed by atoms with Gasteiger partial charge in [0.1, 0.15) is 11.5 Å². The molecule has 1 saturated carbocycles. The molecule has 0 spiro atoms. The first-order valence-corrected chi connectivity index (χ1v) is 7.20. The lowest BCUT2D eigenvalue weighted by molar-refractivity contribution is 0.227. The third kappa shape index (κ3) is 4.46. The molecular weight excluding hydrogens is 224 g/mol. The van der Waals surface area contributed by atoms with E-state index in [1.54, 1.807) is 0 Å². The van der Waals surface area contributed by atoms with Gasteiger partial charge in [0.05, 0.1) is 13.1 Å². The van der Waals surface area contributed by atoms with Gasteiger partial charge in [-0.05, 0) is 37.4 Å². The third-order valence-corrected chi connectivity index (χ3v) is 3.31. The number of nitrogens with zero attached hydrogens (tertiary/aromatic N) is 1. The normalized spacial score (nSPS) is 15.8. The quantitative estimate of drug-likeness (QED) is 0.769. The summed E-state index contributed by atoms with van der Waals surface area (Å²) in [6.07, 6.45) is 2.65. The fourth-order valence-electron chi connectivity index (χ4n) is 2.18. The molecule has 1 aromatic rings. The Morgan fingerprint density at radius 2 is 2.06 bits per heavy atom. The number of hydrogen-bond donors (Lipinski definition) is 1. The van der Waals surface area contributed by atoms with Gasteiger partial charge >= 0.3 is 0 Å². The molecule has 0 bridgehead atoms. The summed E-state index contributed by atoms with van der Waals surface area (Å²) in [6, 6.07) is 4.97. The van der Waals surface area contributed by atoms with E-state index in [1.165, 1.54) is 12.8 Å². The van der Waals surface area contributed by atoms with Gasteiger partial charge in [-0.25, -0.2) is 0 Å². The maximum absolute atomic E-state index is 5.87.